The summed E-state index contributed by atoms with van der Waals surface area (Å²) >= 11 is 0. The van der Waals surface area contributed by atoms with Crippen molar-refractivity contribution in [2.45, 2.75) is 18.9 Å². The lowest BCUT2D eigenvalue weighted by Gasteiger charge is -2.32. The summed E-state index contributed by atoms with van der Waals surface area (Å²) in [6.07, 6.45) is 3.83. The number of piperidine rings is 1. The Morgan fingerprint density at radius 1 is 0.964 bits per heavy atom. The van der Waals surface area contributed by atoms with E-state index in [4.69, 9.17) is 10.5 Å². The Balaban J connectivity index is 1.46. The largest absolute Gasteiger partial charge is 0.439 e. The number of rotatable bonds is 5. The molecule has 5 heteroatoms. The molecule has 5 nitrogen and oxygen atoms in total. The van der Waals surface area contributed by atoms with Gasteiger partial charge in [-0.2, -0.15) is 0 Å². The average Bonchev–Trinajstić information content (AvgIpc) is 2.75. The Hall–Kier alpha value is -3.05. The Morgan fingerprint density at radius 2 is 1.75 bits per heavy atom. The zero-order valence-electron chi connectivity index (χ0n) is 16.2. The summed E-state index contributed by atoms with van der Waals surface area (Å²) in [5, 5.41) is 0. The molecule has 2 heterocycles. The Labute approximate surface area is 166 Å². The highest BCUT2D eigenvalue weighted by Crippen LogP contribution is 2.30. The molecule has 2 aromatic carbocycles. The zero-order valence-corrected chi connectivity index (χ0v) is 16.2. The fourth-order valence-corrected chi connectivity index (χ4v) is 3.47. The van der Waals surface area contributed by atoms with Crippen LogP contribution in [0.25, 0.3) is 0 Å². The standard InChI is InChI=1S/C23H26N4O/c1-26(19-8-10-22(11-9-19)28-23-7-2-3-14-25-23)20-5-4-6-21(17-20)27-15-12-18(24)13-16-27/h2-11,14,17-18H,12-13,15-16,24H2,1H3. The van der Waals surface area contributed by atoms with Crippen LogP contribution >= 0.6 is 0 Å². The van der Waals surface area contributed by atoms with Gasteiger partial charge in [-0.1, -0.05) is 12.1 Å². The molecule has 0 unspecified atom stereocenters. The van der Waals surface area contributed by atoms with Gasteiger partial charge in [-0.3, -0.25) is 0 Å². The van der Waals surface area contributed by atoms with Crippen molar-refractivity contribution in [3.63, 3.8) is 0 Å². The Morgan fingerprint density at radius 3 is 2.46 bits per heavy atom. The van der Waals surface area contributed by atoms with E-state index in [0.717, 1.165) is 43.1 Å². The lowest BCUT2D eigenvalue weighted by Crippen LogP contribution is -2.39. The second-order valence-corrected chi connectivity index (χ2v) is 7.17. The molecular formula is C23H26N4O. The molecule has 0 aliphatic carbocycles. The number of benzene rings is 2. The van der Waals surface area contributed by atoms with E-state index in [-0.39, 0.29) is 0 Å². The van der Waals surface area contributed by atoms with Gasteiger partial charge in [-0.15, -0.1) is 0 Å². The van der Waals surface area contributed by atoms with E-state index in [1.54, 1.807) is 6.20 Å². The van der Waals surface area contributed by atoms with E-state index in [9.17, 15) is 0 Å². The first-order valence-corrected chi connectivity index (χ1v) is 9.72. The van der Waals surface area contributed by atoms with E-state index in [1.807, 2.05) is 30.3 Å². The van der Waals surface area contributed by atoms with Crippen molar-refractivity contribution in [2.24, 2.45) is 5.73 Å². The molecule has 1 aliphatic rings. The molecule has 1 aliphatic heterocycles. The summed E-state index contributed by atoms with van der Waals surface area (Å²) in [6, 6.07) is 22.7. The van der Waals surface area contributed by atoms with E-state index < -0.39 is 0 Å². The number of hydrogen-bond acceptors (Lipinski definition) is 5. The third-order valence-electron chi connectivity index (χ3n) is 5.21. The minimum atomic E-state index is 0.342. The smallest absolute Gasteiger partial charge is 0.219 e. The summed E-state index contributed by atoms with van der Waals surface area (Å²) in [6.45, 7) is 2.04. The molecule has 0 radical (unpaired) electrons. The average molecular weight is 374 g/mol. The van der Waals surface area contributed by atoms with Crippen LogP contribution in [0.1, 0.15) is 12.8 Å². The molecule has 144 valence electrons. The number of hydrogen-bond donors (Lipinski definition) is 1. The maximum Gasteiger partial charge on any atom is 0.219 e. The highest BCUT2D eigenvalue weighted by atomic mass is 16.5. The van der Waals surface area contributed by atoms with Gasteiger partial charge in [0.05, 0.1) is 0 Å². The van der Waals surface area contributed by atoms with E-state index in [1.165, 1.54) is 5.69 Å². The van der Waals surface area contributed by atoms with Gasteiger partial charge >= 0.3 is 0 Å². The van der Waals surface area contributed by atoms with Crippen LogP contribution < -0.4 is 20.3 Å². The topological polar surface area (TPSA) is 54.6 Å². The fraction of sp³-hybridized carbons (Fsp3) is 0.261. The van der Waals surface area contributed by atoms with Crippen molar-refractivity contribution in [1.29, 1.82) is 0 Å². The summed E-state index contributed by atoms with van der Waals surface area (Å²) in [5.41, 5.74) is 9.56. The molecule has 1 aromatic heterocycles. The second-order valence-electron chi connectivity index (χ2n) is 7.17. The maximum absolute atomic E-state index is 6.04. The van der Waals surface area contributed by atoms with Crippen molar-refractivity contribution in [2.75, 3.05) is 29.9 Å². The molecule has 3 aromatic rings. The molecule has 0 spiro atoms. The van der Waals surface area contributed by atoms with Gasteiger partial charge in [0.15, 0.2) is 0 Å². The molecule has 0 atom stereocenters. The summed E-state index contributed by atoms with van der Waals surface area (Å²) in [5.74, 6) is 1.37. The van der Waals surface area contributed by atoms with Crippen molar-refractivity contribution < 1.29 is 4.74 Å². The summed E-state index contributed by atoms with van der Waals surface area (Å²) < 4.78 is 5.78. The van der Waals surface area contributed by atoms with Gasteiger partial charge in [-0.25, -0.2) is 4.98 Å². The van der Waals surface area contributed by atoms with Crippen LogP contribution in [-0.2, 0) is 0 Å². The third-order valence-corrected chi connectivity index (χ3v) is 5.21. The third kappa shape index (κ3) is 4.26. The lowest BCUT2D eigenvalue weighted by atomic mass is 10.1. The van der Waals surface area contributed by atoms with Crippen LogP contribution in [-0.4, -0.2) is 31.2 Å². The monoisotopic (exact) mass is 374 g/mol. The van der Waals surface area contributed by atoms with Crippen LogP contribution in [0.5, 0.6) is 11.6 Å². The molecule has 28 heavy (non-hydrogen) atoms. The predicted molar refractivity (Wildman–Crippen MR) is 115 cm³/mol. The maximum atomic E-state index is 6.04. The highest BCUT2D eigenvalue weighted by molar-refractivity contribution is 5.67. The lowest BCUT2D eigenvalue weighted by molar-refractivity contribution is 0.463. The first-order valence-electron chi connectivity index (χ1n) is 9.72. The number of nitrogens with zero attached hydrogens (tertiary/aromatic N) is 3. The second kappa shape index (κ2) is 8.31. The first kappa shape index (κ1) is 18.3. The Bertz CT molecular complexity index is 890. The molecular weight excluding hydrogens is 348 g/mol. The van der Waals surface area contributed by atoms with Gasteiger partial charge in [0, 0.05) is 55.5 Å². The molecule has 4 rings (SSSR count). The normalized spacial score (nSPS) is 14.7. The number of pyridine rings is 1. The number of anilines is 3. The predicted octanol–water partition coefficient (Wildman–Crippen LogP) is 4.57. The van der Waals surface area contributed by atoms with Gasteiger partial charge < -0.3 is 20.3 Å². The van der Waals surface area contributed by atoms with Gasteiger partial charge in [0.25, 0.3) is 0 Å². The number of nitrogens with two attached hydrogens (primary N) is 1. The van der Waals surface area contributed by atoms with Gasteiger partial charge in [-0.05, 0) is 61.4 Å². The van der Waals surface area contributed by atoms with Crippen LogP contribution in [0.15, 0.2) is 72.9 Å². The number of ether oxygens (including phenoxy) is 1. The van der Waals surface area contributed by atoms with Crippen molar-refractivity contribution in [1.82, 2.24) is 4.98 Å². The first-order chi connectivity index (χ1) is 13.7. The molecule has 0 amide bonds. The summed E-state index contributed by atoms with van der Waals surface area (Å²) in [4.78, 5) is 8.80. The van der Waals surface area contributed by atoms with Gasteiger partial charge in [0.2, 0.25) is 5.88 Å². The SMILES string of the molecule is CN(c1ccc(Oc2ccccn2)cc1)c1cccc(N2CCC(N)CC2)c1. The fourth-order valence-electron chi connectivity index (χ4n) is 3.47. The van der Waals surface area contributed by atoms with Crippen molar-refractivity contribution >= 4 is 17.1 Å². The van der Waals surface area contributed by atoms with E-state index in [2.05, 4.69) is 58.2 Å². The Kier molecular flexibility index (Phi) is 5.44. The van der Waals surface area contributed by atoms with Crippen LogP contribution in [0.4, 0.5) is 17.1 Å². The van der Waals surface area contributed by atoms with Crippen molar-refractivity contribution in [3.05, 3.63) is 72.9 Å². The quantitative estimate of drug-likeness (QED) is 0.709. The highest BCUT2D eigenvalue weighted by Gasteiger charge is 2.17. The molecule has 2 N–H and O–H groups in total. The summed E-state index contributed by atoms with van der Waals surface area (Å²) in [7, 11) is 2.08. The minimum Gasteiger partial charge on any atom is -0.439 e. The number of aromatic nitrogens is 1. The molecule has 0 saturated carbocycles. The van der Waals surface area contributed by atoms with E-state index >= 15 is 0 Å². The van der Waals surface area contributed by atoms with Crippen LogP contribution in [0.2, 0.25) is 0 Å². The molecule has 1 saturated heterocycles. The van der Waals surface area contributed by atoms with Gasteiger partial charge in [0.1, 0.15) is 5.75 Å². The zero-order chi connectivity index (χ0) is 19.3. The molecule has 1 fully saturated rings. The van der Waals surface area contributed by atoms with Crippen molar-refractivity contribution in [3.8, 4) is 11.6 Å². The van der Waals surface area contributed by atoms with Crippen LogP contribution in [0.3, 0.4) is 0 Å². The van der Waals surface area contributed by atoms with E-state index in [0.29, 0.717) is 11.9 Å². The minimum absolute atomic E-state index is 0.342. The molecule has 0 bridgehead atoms. The van der Waals surface area contributed by atoms with Crippen LogP contribution in [0, 0.1) is 0 Å².